The summed E-state index contributed by atoms with van der Waals surface area (Å²) in [5.74, 6) is 0.887. The molecule has 118 valence electrons. The Morgan fingerprint density at radius 2 is 2.05 bits per heavy atom. The van der Waals surface area contributed by atoms with Crippen LogP contribution in [0, 0.1) is 0 Å². The monoisotopic (exact) mass is 318 g/mol. The molecule has 0 unspecified atom stereocenters. The second-order valence-corrected chi connectivity index (χ2v) is 6.27. The van der Waals surface area contributed by atoms with Crippen LogP contribution < -0.4 is 10.1 Å². The number of hydrogen-bond donors (Lipinski definition) is 1. The molecule has 0 saturated carbocycles. The molecule has 0 aliphatic carbocycles. The summed E-state index contributed by atoms with van der Waals surface area (Å²) >= 11 is 1.65. The summed E-state index contributed by atoms with van der Waals surface area (Å²) in [6.45, 7) is 3.24. The lowest BCUT2D eigenvalue weighted by Gasteiger charge is -2.24. The first-order valence-electron chi connectivity index (χ1n) is 7.23. The summed E-state index contributed by atoms with van der Waals surface area (Å²) in [4.78, 5) is 15.4. The molecule has 1 atom stereocenters. The number of methoxy groups -OCH3 is 1. The minimum atomic E-state index is -0.179. The van der Waals surface area contributed by atoms with Crippen LogP contribution in [-0.2, 0) is 17.9 Å². The van der Waals surface area contributed by atoms with Crippen LogP contribution in [0.25, 0.3) is 0 Å². The fraction of sp³-hybridized carbons (Fsp3) is 0.353. The smallest absolute Gasteiger partial charge is 0.237 e. The van der Waals surface area contributed by atoms with Crippen LogP contribution in [0.15, 0.2) is 41.8 Å². The van der Waals surface area contributed by atoms with Crippen LogP contribution in [0.3, 0.4) is 0 Å². The molecule has 1 aromatic carbocycles. The van der Waals surface area contributed by atoms with E-state index in [1.54, 1.807) is 18.4 Å². The topological polar surface area (TPSA) is 41.6 Å². The average Bonchev–Trinajstić information content (AvgIpc) is 3.06. The predicted octanol–water partition coefficient (Wildman–Crippen LogP) is 2.89. The standard InChI is InChI=1S/C17H22N2O2S/c1-13(17(20)18-11-16-5-4-10-22-16)19(2)12-14-6-8-15(21-3)9-7-14/h4-10,13H,11-12H2,1-3H3,(H,18,20)/t13-/m1/s1. The highest BCUT2D eigenvalue weighted by atomic mass is 32.1. The van der Waals surface area contributed by atoms with Gasteiger partial charge in [0.15, 0.2) is 0 Å². The van der Waals surface area contributed by atoms with E-state index in [0.717, 1.165) is 17.9 Å². The Bertz CT molecular complexity index is 581. The molecule has 0 aliphatic heterocycles. The third-order valence-electron chi connectivity index (χ3n) is 3.65. The molecule has 0 aliphatic rings. The zero-order valence-electron chi connectivity index (χ0n) is 13.2. The quantitative estimate of drug-likeness (QED) is 0.853. The average molecular weight is 318 g/mol. The van der Waals surface area contributed by atoms with Gasteiger partial charge in [0.1, 0.15) is 5.75 Å². The van der Waals surface area contributed by atoms with Crippen molar-refractivity contribution in [3.63, 3.8) is 0 Å². The Labute approximate surface area is 135 Å². The summed E-state index contributed by atoms with van der Waals surface area (Å²) in [5.41, 5.74) is 1.15. The summed E-state index contributed by atoms with van der Waals surface area (Å²) in [5, 5.41) is 4.99. The van der Waals surface area contributed by atoms with E-state index < -0.39 is 0 Å². The van der Waals surface area contributed by atoms with E-state index in [9.17, 15) is 4.79 Å². The lowest BCUT2D eigenvalue weighted by atomic mass is 10.2. The van der Waals surface area contributed by atoms with Crippen LogP contribution >= 0.6 is 11.3 Å². The molecule has 0 bridgehead atoms. The fourth-order valence-electron chi connectivity index (χ4n) is 2.09. The molecular weight excluding hydrogens is 296 g/mol. The van der Waals surface area contributed by atoms with Crippen molar-refractivity contribution in [1.82, 2.24) is 10.2 Å². The molecule has 1 aromatic heterocycles. The maximum Gasteiger partial charge on any atom is 0.237 e. The minimum absolute atomic E-state index is 0.0458. The van der Waals surface area contributed by atoms with Crippen molar-refractivity contribution in [2.24, 2.45) is 0 Å². The second-order valence-electron chi connectivity index (χ2n) is 5.24. The van der Waals surface area contributed by atoms with Crippen LogP contribution in [0.1, 0.15) is 17.4 Å². The van der Waals surface area contributed by atoms with Gasteiger partial charge in [0.05, 0.1) is 19.7 Å². The second kappa shape index (κ2) is 7.96. The largest absolute Gasteiger partial charge is 0.497 e. The van der Waals surface area contributed by atoms with Crippen molar-refractivity contribution < 1.29 is 9.53 Å². The predicted molar refractivity (Wildman–Crippen MR) is 90.1 cm³/mol. The normalized spacial score (nSPS) is 12.2. The van der Waals surface area contributed by atoms with E-state index in [4.69, 9.17) is 4.74 Å². The van der Waals surface area contributed by atoms with E-state index in [2.05, 4.69) is 5.32 Å². The highest BCUT2D eigenvalue weighted by Crippen LogP contribution is 2.14. The van der Waals surface area contributed by atoms with Crippen LogP contribution in [-0.4, -0.2) is 31.0 Å². The number of hydrogen-bond acceptors (Lipinski definition) is 4. The zero-order valence-corrected chi connectivity index (χ0v) is 14.0. The van der Waals surface area contributed by atoms with Gasteiger partial charge >= 0.3 is 0 Å². The molecular formula is C17H22N2O2S. The molecule has 2 aromatic rings. The van der Waals surface area contributed by atoms with Crippen molar-refractivity contribution in [2.75, 3.05) is 14.2 Å². The molecule has 0 spiro atoms. The number of likely N-dealkylation sites (N-methyl/N-ethyl adjacent to an activating group) is 1. The van der Waals surface area contributed by atoms with Crippen molar-refractivity contribution in [2.45, 2.75) is 26.1 Å². The number of thiophene rings is 1. The van der Waals surface area contributed by atoms with Gasteiger partial charge in [-0.05, 0) is 43.1 Å². The van der Waals surface area contributed by atoms with E-state index in [1.807, 2.05) is 60.6 Å². The Morgan fingerprint density at radius 1 is 1.32 bits per heavy atom. The number of rotatable bonds is 7. The first-order valence-corrected chi connectivity index (χ1v) is 8.11. The number of amides is 1. The molecule has 1 heterocycles. The summed E-state index contributed by atoms with van der Waals surface area (Å²) in [7, 11) is 3.61. The maximum atomic E-state index is 12.2. The third kappa shape index (κ3) is 4.58. The highest BCUT2D eigenvalue weighted by Gasteiger charge is 2.17. The Balaban J connectivity index is 1.84. The van der Waals surface area contributed by atoms with Gasteiger partial charge in [0, 0.05) is 11.4 Å². The molecule has 0 saturated heterocycles. The fourth-order valence-corrected chi connectivity index (χ4v) is 2.74. The first kappa shape index (κ1) is 16.5. The Morgan fingerprint density at radius 3 is 2.64 bits per heavy atom. The van der Waals surface area contributed by atoms with Crippen molar-refractivity contribution >= 4 is 17.2 Å². The van der Waals surface area contributed by atoms with E-state index in [0.29, 0.717) is 6.54 Å². The third-order valence-corrected chi connectivity index (χ3v) is 4.52. The first-order chi connectivity index (χ1) is 10.6. The number of ether oxygens (including phenoxy) is 1. The molecule has 5 heteroatoms. The van der Waals surface area contributed by atoms with Crippen LogP contribution in [0.4, 0.5) is 0 Å². The number of nitrogens with one attached hydrogen (secondary N) is 1. The number of carbonyl (C=O) groups excluding carboxylic acids is 1. The van der Waals surface area contributed by atoms with Crippen molar-refractivity contribution in [3.05, 3.63) is 52.2 Å². The van der Waals surface area contributed by atoms with Gasteiger partial charge in [-0.2, -0.15) is 0 Å². The number of nitrogens with zero attached hydrogens (tertiary/aromatic N) is 1. The lowest BCUT2D eigenvalue weighted by molar-refractivity contribution is -0.125. The van der Waals surface area contributed by atoms with Gasteiger partial charge in [-0.15, -0.1) is 11.3 Å². The van der Waals surface area contributed by atoms with E-state index in [1.165, 1.54) is 4.88 Å². The van der Waals surface area contributed by atoms with E-state index >= 15 is 0 Å². The molecule has 0 fully saturated rings. The summed E-state index contributed by atoms with van der Waals surface area (Å²) in [6, 6.07) is 11.7. The van der Waals surface area contributed by atoms with Gasteiger partial charge in [-0.3, -0.25) is 9.69 Å². The van der Waals surface area contributed by atoms with Gasteiger partial charge in [0.25, 0.3) is 0 Å². The van der Waals surface area contributed by atoms with Gasteiger partial charge < -0.3 is 10.1 Å². The highest BCUT2D eigenvalue weighted by molar-refractivity contribution is 7.09. The molecule has 22 heavy (non-hydrogen) atoms. The minimum Gasteiger partial charge on any atom is -0.497 e. The van der Waals surface area contributed by atoms with Crippen molar-refractivity contribution in [1.29, 1.82) is 0 Å². The van der Waals surface area contributed by atoms with Gasteiger partial charge in [-0.25, -0.2) is 0 Å². The molecule has 1 amide bonds. The van der Waals surface area contributed by atoms with E-state index in [-0.39, 0.29) is 11.9 Å². The maximum absolute atomic E-state index is 12.2. The van der Waals surface area contributed by atoms with Gasteiger partial charge in [-0.1, -0.05) is 18.2 Å². The molecule has 4 nitrogen and oxygen atoms in total. The lowest BCUT2D eigenvalue weighted by Crippen LogP contribution is -2.42. The summed E-state index contributed by atoms with van der Waals surface area (Å²) < 4.78 is 5.15. The van der Waals surface area contributed by atoms with Gasteiger partial charge in [0.2, 0.25) is 5.91 Å². The van der Waals surface area contributed by atoms with Crippen molar-refractivity contribution in [3.8, 4) is 5.75 Å². The number of benzene rings is 1. The molecule has 0 radical (unpaired) electrons. The zero-order chi connectivity index (χ0) is 15.9. The Kier molecular flexibility index (Phi) is 5.98. The molecule has 2 rings (SSSR count). The van der Waals surface area contributed by atoms with Crippen LogP contribution in [0.2, 0.25) is 0 Å². The number of carbonyl (C=O) groups is 1. The summed E-state index contributed by atoms with van der Waals surface area (Å²) in [6.07, 6.45) is 0. The van der Waals surface area contributed by atoms with Crippen LogP contribution in [0.5, 0.6) is 5.75 Å². The molecule has 1 N–H and O–H groups in total. The Hall–Kier alpha value is -1.85. The SMILES string of the molecule is COc1ccc(CN(C)[C@H](C)C(=O)NCc2cccs2)cc1.